The molecule has 0 aliphatic carbocycles. The molecule has 148 valence electrons. The maximum absolute atomic E-state index is 11.7. The van der Waals surface area contributed by atoms with E-state index >= 15 is 0 Å². The summed E-state index contributed by atoms with van der Waals surface area (Å²) >= 11 is 0. The van der Waals surface area contributed by atoms with Gasteiger partial charge in [-0.3, -0.25) is 4.98 Å². The van der Waals surface area contributed by atoms with E-state index in [9.17, 15) is 9.90 Å². The third-order valence-corrected chi connectivity index (χ3v) is 5.41. The fourth-order valence-corrected chi connectivity index (χ4v) is 3.62. The van der Waals surface area contributed by atoms with Gasteiger partial charge in [-0.25, -0.2) is 4.79 Å². The van der Waals surface area contributed by atoms with E-state index in [1.807, 2.05) is 43.3 Å². The van der Waals surface area contributed by atoms with Gasteiger partial charge in [0.05, 0.1) is 11.4 Å². The zero-order chi connectivity index (χ0) is 20.1. The molecule has 3 rings (SSSR count). The van der Waals surface area contributed by atoms with Gasteiger partial charge in [0.2, 0.25) is 0 Å². The largest absolute Gasteiger partial charge is 0.478 e. The van der Waals surface area contributed by atoms with Crippen molar-refractivity contribution >= 4 is 12.0 Å². The van der Waals surface area contributed by atoms with Crippen LogP contribution < -0.4 is 0 Å². The Morgan fingerprint density at radius 3 is 2.50 bits per heavy atom. The molecule has 1 unspecified atom stereocenters. The number of rotatable bonds is 7. The molecule has 0 bridgehead atoms. The van der Waals surface area contributed by atoms with Gasteiger partial charge in [0.1, 0.15) is 5.60 Å². The molecular formula is C23H28N2O3. The molecule has 1 saturated heterocycles. The van der Waals surface area contributed by atoms with E-state index in [1.54, 1.807) is 6.07 Å². The Balaban J connectivity index is 1.97. The van der Waals surface area contributed by atoms with E-state index < -0.39 is 11.6 Å². The van der Waals surface area contributed by atoms with Gasteiger partial charge in [-0.1, -0.05) is 35.9 Å². The van der Waals surface area contributed by atoms with Gasteiger partial charge in [0.25, 0.3) is 0 Å². The summed E-state index contributed by atoms with van der Waals surface area (Å²) in [5.74, 6) is -0.977. The molecule has 0 saturated carbocycles. The van der Waals surface area contributed by atoms with Crippen LogP contribution in [0.4, 0.5) is 0 Å². The number of carboxylic acids is 1. The van der Waals surface area contributed by atoms with Crippen LogP contribution in [0.3, 0.4) is 0 Å². The van der Waals surface area contributed by atoms with Gasteiger partial charge in [-0.15, -0.1) is 0 Å². The second-order valence-corrected chi connectivity index (χ2v) is 7.61. The van der Waals surface area contributed by atoms with Crippen molar-refractivity contribution in [1.82, 2.24) is 9.88 Å². The molecule has 1 aromatic carbocycles. The lowest BCUT2D eigenvalue weighted by molar-refractivity contribution is -0.132. The van der Waals surface area contributed by atoms with Crippen LogP contribution in [0.1, 0.15) is 48.7 Å². The molecule has 2 N–H and O–H groups in total. The number of pyridine rings is 1. The summed E-state index contributed by atoms with van der Waals surface area (Å²) in [6, 6.07) is 13.3. The van der Waals surface area contributed by atoms with Gasteiger partial charge in [0.15, 0.2) is 0 Å². The molecule has 1 atom stereocenters. The first-order valence-electron chi connectivity index (χ1n) is 9.79. The van der Waals surface area contributed by atoms with Crippen LogP contribution in [-0.4, -0.2) is 45.7 Å². The Kier molecular flexibility index (Phi) is 6.27. The third-order valence-electron chi connectivity index (χ3n) is 5.41. The van der Waals surface area contributed by atoms with E-state index in [4.69, 9.17) is 5.11 Å². The summed E-state index contributed by atoms with van der Waals surface area (Å²) in [6.45, 7) is 6.48. The lowest BCUT2D eigenvalue weighted by Crippen LogP contribution is -2.34. The fourth-order valence-electron chi connectivity index (χ4n) is 3.62. The average molecular weight is 380 g/mol. The number of aliphatic carboxylic acids is 1. The van der Waals surface area contributed by atoms with Crippen molar-refractivity contribution in [2.75, 3.05) is 19.6 Å². The standard InChI is InChI=1S/C23H28N2O3/c1-17-8-10-19(11-9-17)23(28,12-15-25-13-3-4-14-25)21-7-5-6-20(24-21)16-18(2)22(26)27/h5-11,16,28H,3-4,12-15H2,1-2H3,(H,26,27)/b18-16+. The average Bonchev–Trinajstić information content (AvgIpc) is 3.20. The van der Waals surface area contributed by atoms with Crippen LogP contribution in [-0.2, 0) is 10.4 Å². The van der Waals surface area contributed by atoms with E-state index in [1.165, 1.54) is 25.8 Å². The Hall–Kier alpha value is -2.50. The van der Waals surface area contributed by atoms with Gasteiger partial charge in [-0.05, 0) is 70.0 Å². The van der Waals surface area contributed by atoms with Crippen molar-refractivity contribution in [3.8, 4) is 0 Å². The normalized spacial score (nSPS) is 17.5. The molecule has 5 heteroatoms. The Labute approximate surface area is 166 Å². The molecule has 0 spiro atoms. The van der Waals surface area contributed by atoms with E-state index in [0.29, 0.717) is 17.8 Å². The molecule has 1 aromatic heterocycles. The number of hydrogen-bond donors (Lipinski definition) is 2. The maximum atomic E-state index is 11.7. The van der Waals surface area contributed by atoms with Gasteiger partial charge >= 0.3 is 5.97 Å². The highest BCUT2D eigenvalue weighted by Crippen LogP contribution is 2.33. The summed E-state index contributed by atoms with van der Waals surface area (Å²) in [7, 11) is 0. The molecule has 2 aromatic rings. The van der Waals surface area contributed by atoms with Gasteiger partial charge < -0.3 is 15.1 Å². The number of carbonyl (C=O) groups is 1. The summed E-state index contributed by atoms with van der Waals surface area (Å²) in [4.78, 5) is 18.1. The molecule has 2 heterocycles. The number of aliphatic hydroxyl groups is 1. The number of aromatic nitrogens is 1. The smallest absolute Gasteiger partial charge is 0.331 e. The van der Waals surface area contributed by atoms with Crippen molar-refractivity contribution in [2.45, 2.75) is 38.7 Å². The second kappa shape index (κ2) is 8.67. The lowest BCUT2D eigenvalue weighted by Gasteiger charge is -2.30. The molecule has 1 aliphatic heterocycles. The molecule has 0 amide bonds. The summed E-state index contributed by atoms with van der Waals surface area (Å²) < 4.78 is 0. The Bertz CT molecular complexity index is 854. The quantitative estimate of drug-likeness (QED) is 0.718. The monoisotopic (exact) mass is 380 g/mol. The predicted molar refractivity (Wildman–Crippen MR) is 110 cm³/mol. The van der Waals surface area contributed by atoms with Crippen molar-refractivity contribution in [3.05, 3.63) is 70.6 Å². The highest BCUT2D eigenvalue weighted by molar-refractivity contribution is 5.91. The van der Waals surface area contributed by atoms with Crippen LogP contribution in [0.25, 0.3) is 6.08 Å². The minimum Gasteiger partial charge on any atom is -0.478 e. The molecule has 1 fully saturated rings. The third kappa shape index (κ3) is 4.66. The number of benzene rings is 1. The van der Waals surface area contributed by atoms with Gasteiger partial charge in [-0.2, -0.15) is 0 Å². The second-order valence-electron chi connectivity index (χ2n) is 7.61. The van der Waals surface area contributed by atoms with Gasteiger partial charge in [0, 0.05) is 12.1 Å². The minimum absolute atomic E-state index is 0.209. The number of aryl methyl sites for hydroxylation is 1. The van der Waals surface area contributed by atoms with Crippen LogP contribution in [0.5, 0.6) is 0 Å². The van der Waals surface area contributed by atoms with E-state index in [2.05, 4.69) is 9.88 Å². The van der Waals surface area contributed by atoms with E-state index in [0.717, 1.165) is 30.8 Å². The highest BCUT2D eigenvalue weighted by atomic mass is 16.4. The van der Waals surface area contributed by atoms with Crippen LogP contribution in [0.2, 0.25) is 0 Å². The topological polar surface area (TPSA) is 73.7 Å². The number of hydrogen-bond acceptors (Lipinski definition) is 4. The fraction of sp³-hybridized carbons (Fsp3) is 0.391. The Morgan fingerprint density at radius 1 is 1.18 bits per heavy atom. The molecular weight excluding hydrogens is 352 g/mol. The molecule has 0 radical (unpaired) electrons. The van der Waals surface area contributed by atoms with E-state index in [-0.39, 0.29) is 5.57 Å². The van der Waals surface area contributed by atoms with Crippen molar-refractivity contribution in [1.29, 1.82) is 0 Å². The molecule has 28 heavy (non-hydrogen) atoms. The zero-order valence-electron chi connectivity index (χ0n) is 16.6. The van der Waals surface area contributed by atoms with Crippen molar-refractivity contribution in [2.24, 2.45) is 0 Å². The molecule has 5 nitrogen and oxygen atoms in total. The SMILES string of the molecule is C/C(=C\c1cccc(C(O)(CCN2CCCC2)c2ccc(C)cc2)n1)C(=O)O. The first kappa shape index (κ1) is 20.2. The maximum Gasteiger partial charge on any atom is 0.331 e. The highest BCUT2D eigenvalue weighted by Gasteiger charge is 2.34. The first-order chi connectivity index (χ1) is 13.4. The summed E-state index contributed by atoms with van der Waals surface area (Å²) in [6.07, 6.45) is 4.47. The lowest BCUT2D eigenvalue weighted by atomic mass is 9.86. The first-order valence-corrected chi connectivity index (χ1v) is 9.79. The van der Waals surface area contributed by atoms with Crippen molar-refractivity contribution in [3.63, 3.8) is 0 Å². The van der Waals surface area contributed by atoms with Crippen LogP contribution >= 0.6 is 0 Å². The number of carboxylic acid groups (broad SMARTS) is 1. The minimum atomic E-state index is -1.22. The summed E-state index contributed by atoms with van der Waals surface area (Å²) in [5.41, 5.74) is 2.00. The van der Waals surface area contributed by atoms with Crippen LogP contribution in [0.15, 0.2) is 48.0 Å². The predicted octanol–water partition coefficient (Wildman–Crippen LogP) is 3.60. The van der Waals surface area contributed by atoms with Crippen LogP contribution in [0, 0.1) is 6.92 Å². The summed E-state index contributed by atoms with van der Waals surface area (Å²) in [5, 5.41) is 20.9. The Morgan fingerprint density at radius 2 is 1.86 bits per heavy atom. The number of nitrogens with zero attached hydrogens (tertiary/aromatic N) is 2. The number of likely N-dealkylation sites (tertiary alicyclic amines) is 1. The van der Waals surface area contributed by atoms with Crippen molar-refractivity contribution < 1.29 is 15.0 Å². The zero-order valence-corrected chi connectivity index (χ0v) is 16.6. The molecule has 1 aliphatic rings.